The summed E-state index contributed by atoms with van der Waals surface area (Å²) in [6.45, 7) is 3.53. The fraction of sp³-hybridized carbons (Fsp3) is 1.00. The van der Waals surface area contributed by atoms with Crippen LogP contribution in [0.3, 0.4) is 0 Å². The van der Waals surface area contributed by atoms with E-state index in [-0.39, 0.29) is 6.23 Å². The van der Waals surface area contributed by atoms with Crippen LogP contribution in [0.4, 0.5) is 0 Å². The van der Waals surface area contributed by atoms with Crippen molar-refractivity contribution >= 4 is 0 Å². The van der Waals surface area contributed by atoms with E-state index in [1.165, 1.54) is 25.7 Å². The maximum atomic E-state index is 9.59. The van der Waals surface area contributed by atoms with E-state index < -0.39 is 0 Å². The van der Waals surface area contributed by atoms with Gasteiger partial charge in [0.1, 0.15) is 6.23 Å². The molecule has 0 radical (unpaired) electrons. The van der Waals surface area contributed by atoms with Crippen LogP contribution in [0.1, 0.15) is 32.6 Å². The summed E-state index contributed by atoms with van der Waals surface area (Å²) in [5.74, 6) is 0. The average molecular weight is 185 g/mol. The summed E-state index contributed by atoms with van der Waals surface area (Å²) in [6, 6.07) is 0.475. The second kappa shape index (κ2) is 3.95. The Labute approximate surface area is 79.7 Å². The van der Waals surface area contributed by atoms with Crippen LogP contribution >= 0.6 is 0 Å². The van der Waals surface area contributed by atoms with Gasteiger partial charge >= 0.3 is 0 Å². The molecule has 0 aromatic heterocycles. The summed E-state index contributed by atoms with van der Waals surface area (Å²) < 4.78 is 5.71. The highest BCUT2D eigenvalue weighted by Crippen LogP contribution is 2.28. The van der Waals surface area contributed by atoms with Gasteiger partial charge in [-0.1, -0.05) is 12.8 Å². The molecule has 0 amide bonds. The van der Waals surface area contributed by atoms with Crippen molar-refractivity contribution in [1.82, 2.24) is 4.90 Å². The van der Waals surface area contributed by atoms with E-state index in [4.69, 9.17) is 4.74 Å². The number of rotatable bonds is 1. The number of ether oxygens (including phenoxy) is 1. The van der Waals surface area contributed by atoms with Crippen molar-refractivity contribution in [3.05, 3.63) is 0 Å². The summed E-state index contributed by atoms with van der Waals surface area (Å²) in [7, 11) is 0. The van der Waals surface area contributed by atoms with Gasteiger partial charge in [0.25, 0.3) is 0 Å². The molecule has 2 rings (SSSR count). The van der Waals surface area contributed by atoms with Gasteiger partial charge in [-0.25, -0.2) is 0 Å². The molecule has 1 saturated heterocycles. The lowest BCUT2D eigenvalue weighted by Gasteiger charge is -2.45. The van der Waals surface area contributed by atoms with Gasteiger partial charge in [0.15, 0.2) is 0 Å². The van der Waals surface area contributed by atoms with Crippen molar-refractivity contribution in [2.45, 2.75) is 51.0 Å². The number of fused-ring (bicyclic) bond motifs is 1. The van der Waals surface area contributed by atoms with E-state index in [2.05, 4.69) is 4.90 Å². The second-order valence-corrected chi connectivity index (χ2v) is 4.13. The lowest BCUT2D eigenvalue weighted by Crippen LogP contribution is -2.55. The van der Waals surface area contributed by atoms with Gasteiger partial charge in [-0.2, -0.15) is 0 Å². The highest BCUT2D eigenvalue weighted by Gasteiger charge is 2.35. The van der Waals surface area contributed by atoms with Gasteiger partial charge in [-0.15, -0.1) is 0 Å². The molecule has 1 aliphatic heterocycles. The monoisotopic (exact) mass is 185 g/mol. The summed E-state index contributed by atoms with van der Waals surface area (Å²) in [4.78, 5) is 2.19. The first kappa shape index (κ1) is 9.44. The second-order valence-electron chi connectivity index (χ2n) is 4.13. The van der Waals surface area contributed by atoms with Gasteiger partial charge in [0.2, 0.25) is 0 Å². The average Bonchev–Trinajstić information content (AvgIpc) is 2.17. The highest BCUT2D eigenvalue weighted by molar-refractivity contribution is 4.87. The first-order chi connectivity index (χ1) is 6.29. The molecule has 2 fully saturated rings. The molecule has 1 heterocycles. The molecule has 0 spiro atoms. The molecule has 0 aromatic carbocycles. The summed E-state index contributed by atoms with van der Waals surface area (Å²) in [5.41, 5.74) is 0. The van der Waals surface area contributed by atoms with Gasteiger partial charge < -0.3 is 9.84 Å². The minimum Gasteiger partial charge on any atom is -0.379 e. The number of morpholine rings is 1. The maximum Gasteiger partial charge on any atom is 0.104 e. The lowest BCUT2D eigenvalue weighted by molar-refractivity contribution is -0.137. The van der Waals surface area contributed by atoms with Crippen molar-refractivity contribution < 1.29 is 9.84 Å². The zero-order valence-electron chi connectivity index (χ0n) is 8.28. The van der Waals surface area contributed by atoms with Crippen molar-refractivity contribution in [2.75, 3.05) is 13.2 Å². The van der Waals surface area contributed by atoms with Crippen LogP contribution in [0.5, 0.6) is 0 Å². The zero-order valence-corrected chi connectivity index (χ0v) is 8.28. The van der Waals surface area contributed by atoms with E-state index in [1.54, 1.807) is 0 Å². The fourth-order valence-electron chi connectivity index (χ4n) is 2.59. The third-order valence-electron chi connectivity index (χ3n) is 3.26. The Morgan fingerprint density at radius 1 is 1.38 bits per heavy atom. The molecular formula is C10H19NO2. The van der Waals surface area contributed by atoms with Gasteiger partial charge in [0, 0.05) is 12.6 Å². The van der Waals surface area contributed by atoms with Crippen LogP contribution in [0.25, 0.3) is 0 Å². The normalized spacial score (nSPS) is 38.3. The van der Waals surface area contributed by atoms with Crippen LogP contribution in [0.15, 0.2) is 0 Å². The molecule has 0 aromatic rings. The van der Waals surface area contributed by atoms with Crippen LogP contribution in [0.2, 0.25) is 0 Å². The Morgan fingerprint density at radius 2 is 2.15 bits per heavy atom. The molecule has 2 aliphatic rings. The van der Waals surface area contributed by atoms with Crippen LogP contribution in [-0.2, 0) is 4.74 Å². The van der Waals surface area contributed by atoms with Gasteiger partial charge in [-0.3, -0.25) is 4.90 Å². The molecular weight excluding hydrogens is 166 g/mol. The van der Waals surface area contributed by atoms with E-state index >= 15 is 0 Å². The minimum atomic E-state index is -0.311. The topological polar surface area (TPSA) is 32.7 Å². The first-order valence-electron chi connectivity index (χ1n) is 5.34. The number of aliphatic hydroxyl groups excluding tert-OH is 1. The van der Waals surface area contributed by atoms with Crippen molar-refractivity contribution in [3.63, 3.8) is 0 Å². The molecule has 3 nitrogen and oxygen atoms in total. The third kappa shape index (κ3) is 1.87. The summed E-state index contributed by atoms with van der Waals surface area (Å²) >= 11 is 0. The minimum absolute atomic E-state index is 0.311. The molecule has 13 heavy (non-hydrogen) atoms. The zero-order chi connectivity index (χ0) is 9.26. The Kier molecular flexibility index (Phi) is 2.86. The lowest BCUT2D eigenvalue weighted by atomic mass is 9.90. The summed E-state index contributed by atoms with van der Waals surface area (Å²) in [5, 5.41) is 9.59. The Morgan fingerprint density at radius 3 is 2.92 bits per heavy atom. The van der Waals surface area contributed by atoms with Gasteiger partial charge in [0.05, 0.1) is 12.7 Å². The molecule has 1 saturated carbocycles. The van der Waals surface area contributed by atoms with E-state index in [1.807, 2.05) is 6.92 Å². The maximum absolute atomic E-state index is 9.59. The SMILES string of the molecule is CC(O)N1CCOC2CCCCC21. The van der Waals surface area contributed by atoms with Crippen molar-refractivity contribution in [3.8, 4) is 0 Å². The molecule has 1 N–H and O–H groups in total. The Balaban J connectivity index is 2.02. The quantitative estimate of drug-likeness (QED) is 0.660. The van der Waals surface area contributed by atoms with E-state index in [9.17, 15) is 5.11 Å². The molecule has 0 bridgehead atoms. The standard InChI is InChI=1S/C10H19NO2/c1-8(12)11-6-7-13-10-5-3-2-4-9(10)11/h8-10,12H,2-7H2,1H3. The molecule has 3 heteroatoms. The predicted octanol–water partition coefficient (Wildman–Crippen LogP) is 0.968. The first-order valence-corrected chi connectivity index (χ1v) is 5.34. The van der Waals surface area contributed by atoms with Crippen molar-refractivity contribution in [2.24, 2.45) is 0 Å². The number of nitrogens with zero attached hydrogens (tertiary/aromatic N) is 1. The van der Waals surface area contributed by atoms with E-state index in [0.717, 1.165) is 13.2 Å². The third-order valence-corrected chi connectivity index (χ3v) is 3.26. The smallest absolute Gasteiger partial charge is 0.104 e. The molecule has 76 valence electrons. The Bertz CT molecular complexity index is 170. The molecule has 1 aliphatic carbocycles. The van der Waals surface area contributed by atoms with Crippen LogP contribution in [-0.4, -0.2) is 41.5 Å². The number of aliphatic hydroxyl groups is 1. The van der Waals surface area contributed by atoms with E-state index in [0.29, 0.717) is 12.1 Å². The fourth-order valence-corrected chi connectivity index (χ4v) is 2.59. The number of hydrogen-bond donors (Lipinski definition) is 1. The highest BCUT2D eigenvalue weighted by atomic mass is 16.5. The number of hydrogen-bond acceptors (Lipinski definition) is 3. The predicted molar refractivity (Wildman–Crippen MR) is 50.4 cm³/mol. The van der Waals surface area contributed by atoms with Crippen LogP contribution < -0.4 is 0 Å². The van der Waals surface area contributed by atoms with Crippen LogP contribution in [0, 0.1) is 0 Å². The van der Waals surface area contributed by atoms with Crippen molar-refractivity contribution in [1.29, 1.82) is 0 Å². The summed E-state index contributed by atoms with van der Waals surface area (Å²) in [6.07, 6.45) is 5.01. The molecule has 3 unspecified atom stereocenters. The molecule has 3 atom stereocenters. The van der Waals surface area contributed by atoms with Gasteiger partial charge in [-0.05, 0) is 19.8 Å². The largest absolute Gasteiger partial charge is 0.379 e. The Hall–Kier alpha value is -0.120.